The lowest BCUT2D eigenvalue weighted by Gasteiger charge is -2.42. The zero-order valence-electron chi connectivity index (χ0n) is 31.6. The summed E-state index contributed by atoms with van der Waals surface area (Å²) in [5.41, 5.74) is 1.69. The van der Waals surface area contributed by atoms with E-state index < -0.39 is 54.0 Å². The third-order valence-corrected chi connectivity index (χ3v) is 9.64. The summed E-state index contributed by atoms with van der Waals surface area (Å²) in [7, 11) is 8.56. The monoisotopic (exact) mass is 758 g/mol. The fourth-order valence-electron chi connectivity index (χ4n) is 7.28. The lowest BCUT2D eigenvalue weighted by molar-refractivity contribution is -0.153. The predicted octanol–water partition coefficient (Wildman–Crippen LogP) is 6.03. The van der Waals surface area contributed by atoms with Gasteiger partial charge >= 0.3 is 17.9 Å². The van der Waals surface area contributed by atoms with Crippen molar-refractivity contribution in [2.75, 3.05) is 42.7 Å². The van der Waals surface area contributed by atoms with E-state index in [0.717, 1.165) is 0 Å². The molecule has 0 radical (unpaired) electrons. The Bertz CT molecular complexity index is 2090. The number of phenolic OH excluding ortho intramolecular Hbond substituents is 1. The molecule has 4 aromatic carbocycles. The molecule has 2 heterocycles. The number of carbonyl (C=O) groups is 3. The SMILES string of the molecule is COC(=O)c1c(O)c([C@H]2c3ccc(OC)cc3O[C@H](c3ccc(OC)cc3)[C@H]2OC(C)=O)c2c(c1OC)C[C@@H](OC(C)=O)[C@@H](c1ccc(OC)c(OC)c1)O2. The first-order chi connectivity index (χ1) is 26.5. The Morgan fingerprint density at radius 3 is 1.95 bits per heavy atom. The van der Waals surface area contributed by atoms with Crippen LogP contribution < -0.4 is 33.2 Å². The van der Waals surface area contributed by atoms with Gasteiger partial charge in [0.15, 0.2) is 29.8 Å². The molecular formula is C41H42O14. The highest BCUT2D eigenvalue weighted by molar-refractivity contribution is 5.98. The largest absolute Gasteiger partial charge is 0.506 e. The van der Waals surface area contributed by atoms with Crippen LogP contribution in [0.25, 0.3) is 0 Å². The van der Waals surface area contributed by atoms with Crippen LogP contribution in [0, 0.1) is 0 Å². The molecule has 0 saturated carbocycles. The standard InChI is InChI=1S/C41H42O14/c1-20(42)52-31-19-27-38(50-7)34(41(45)51-8)35(44)33(39(27)55-36(31)23-11-16-28(48-5)30(17-23)49-6)32-26-15-14-25(47-4)18-29(26)54-37(40(32)53-21(2)43)22-9-12-24(46-3)13-10-22/h9-18,31-32,36-37,40,44H,19H2,1-8H3/t31-,32-,36-,37-,40+/m1/s1. The molecule has 0 spiro atoms. The first kappa shape index (κ1) is 38.4. The van der Waals surface area contributed by atoms with E-state index in [1.54, 1.807) is 67.8 Å². The first-order valence-corrected chi connectivity index (χ1v) is 17.2. The van der Waals surface area contributed by atoms with Crippen LogP contribution in [0.5, 0.6) is 46.0 Å². The van der Waals surface area contributed by atoms with Crippen LogP contribution in [0.4, 0.5) is 0 Å². The highest BCUT2D eigenvalue weighted by atomic mass is 16.6. The van der Waals surface area contributed by atoms with Crippen molar-refractivity contribution < 1.29 is 66.9 Å². The lowest BCUT2D eigenvalue weighted by atomic mass is 9.76. The Morgan fingerprint density at radius 2 is 1.35 bits per heavy atom. The zero-order chi connectivity index (χ0) is 39.6. The number of carbonyl (C=O) groups excluding carboxylic acids is 3. The summed E-state index contributed by atoms with van der Waals surface area (Å²) in [5.74, 6) is -1.42. The molecule has 2 aliphatic heterocycles. The molecule has 0 aromatic heterocycles. The number of phenols is 1. The van der Waals surface area contributed by atoms with E-state index in [1.807, 2.05) is 0 Å². The minimum atomic E-state index is -1.16. The molecule has 5 atom stereocenters. The topological polar surface area (TPSA) is 164 Å². The number of fused-ring (bicyclic) bond motifs is 2. The quantitative estimate of drug-likeness (QED) is 0.139. The lowest BCUT2D eigenvalue weighted by Crippen LogP contribution is -2.40. The van der Waals surface area contributed by atoms with Gasteiger partial charge in [-0.15, -0.1) is 0 Å². The molecule has 55 heavy (non-hydrogen) atoms. The molecule has 1 N–H and O–H groups in total. The van der Waals surface area contributed by atoms with Gasteiger partial charge in [0.05, 0.1) is 48.6 Å². The molecule has 0 aliphatic carbocycles. The second kappa shape index (κ2) is 16.0. The predicted molar refractivity (Wildman–Crippen MR) is 195 cm³/mol. The molecule has 0 fully saturated rings. The van der Waals surface area contributed by atoms with Crippen LogP contribution in [-0.2, 0) is 30.2 Å². The number of methoxy groups -OCH3 is 6. The molecule has 2 aliphatic rings. The van der Waals surface area contributed by atoms with Gasteiger partial charge in [-0.05, 0) is 35.9 Å². The fourth-order valence-corrected chi connectivity index (χ4v) is 7.28. The molecule has 0 bridgehead atoms. The number of hydrogen-bond donors (Lipinski definition) is 1. The van der Waals surface area contributed by atoms with Gasteiger partial charge in [-0.25, -0.2) is 4.79 Å². The first-order valence-electron chi connectivity index (χ1n) is 17.2. The van der Waals surface area contributed by atoms with Gasteiger partial charge in [-0.1, -0.05) is 24.3 Å². The summed E-state index contributed by atoms with van der Waals surface area (Å²) in [6.07, 6.45) is -4.09. The van der Waals surface area contributed by atoms with Crippen molar-refractivity contribution in [1.82, 2.24) is 0 Å². The van der Waals surface area contributed by atoms with Gasteiger partial charge in [-0.3, -0.25) is 9.59 Å². The van der Waals surface area contributed by atoms with Crippen LogP contribution in [0.3, 0.4) is 0 Å². The molecule has 6 rings (SSSR count). The summed E-state index contributed by atoms with van der Waals surface area (Å²) >= 11 is 0. The summed E-state index contributed by atoms with van der Waals surface area (Å²) in [4.78, 5) is 39.2. The molecule has 0 unspecified atom stereocenters. The number of ether oxygens (including phenoxy) is 10. The van der Waals surface area contributed by atoms with E-state index in [4.69, 9.17) is 47.4 Å². The number of rotatable bonds is 11. The van der Waals surface area contributed by atoms with E-state index in [-0.39, 0.29) is 29.0 Å². The average Bonchev–Trinajstić information content (AvgIpc) is 3.19. The molecular weight excluding hydrogens is 716 g/mol. The minimum Gasteiger partial charge on any atom is -0.506 e. The number of aromatic hydroxyl groups is 1. The van der Waals surface area contributed by atoms with Gasteiger partial charge in [-0.2, -0.15) is 0 Å². The maximum atomic E-state index is 13.6. The summed E-state index contributed by atoms with van der Waals surface area (Å²) < 4.78 is 58.4. The second-order valence-electron chi connectivity index (χ2n) is 12.7. The Labute approximate surface area is 317 Å². The third kappa shape index (κ3) is 7.19. The highest BCUT2D eigenvalue weighted by Crippen LogP contribution is 2.58. The molecule has 14 heteroatoms. The van der Waals surface area contributed by atoms with Gasteiger partial charge in [0.1, 0.15) is 46.2 Å². The van der Waals surface area contributed by atoms with Crippen molar-refractivity contribution in [3.8, 4) is 46.0 Å². The van der Waals surface area contributed by atoms with E-state index in [2.05, 4.69) is 0 Å². The zero-order valence-corrected chi connectivity index (χ0v) is 31.6. The average molecular weight is 759 g/mol. The third-order valence-electron chi connectivity index (χ3n) is 9.64. The molecule has 0 amide bonds. The van der Waals surface area contributed by atoms with Crippen LogP contribution in [0.1, 0.15) is 70.1 Å². The summed E-state index contributed by atoms with van der Waals surface area (Å²) in [5, 5.41) is 12.4. The van der Waals surface area contributed by atoms with Crippen molar-refractivity contribution in [2.45, 2.75) is 50.6 Å². The van der Waals surface area contributed by atoms with Crippen molar-refractivity contribution in [1.29, 1.82) is 0 Å². The molecule has 4 aromatic rings. The van der Waals surface area contributed by atoms with Crippen LogP contribution in [0.2, 0.25) is 0 Å². The molecule has 0 saturated heterocycles. The van der Waals surface area contributed by atoms with Gasteiger partial charge in [0.2, 0.25) is 0 Å². The molecule has 290 valence electrons. The summed E-state index contributed by atoms with van der Waals surface area (Å²) in [6.45, 7) is 2.54. The number of benzene rings is 4. The number of esters is 3. The van der Waals surface area contributed by atoms with E-state index in [9.17, 15) is 19.5 Å². The van der Waals surface area contributed by atoms with E-state index in [1.165, 1.54) is 49.4 Å². The molecule has 14 nitrogen and oxygen atoms in total. The van der Waals surface area contributed by atoms with E-state index >= 15 is 0 Å². The Hall–Kier alpha value is -6.31. The van der Waals surface area contributed by atoms with Crippen LogP contribution in [0.15, 0.2) is 60.7 Å². The fraction of sp³-hybridized carbons (Fsp3) is 0.341. The Morgan fingerprint density at radius 1 is 0.691 bits per heavy atom. The van der Waals surface area contributed by atoms with Crippen molar-refractivity contribution in [3.63, 3.8) is 0 Å². The normalized spacial score (nSPS) is 19.6. The van der Waals surface area contributed by atoms with Gasteiger partial charge in [0, 0.05) is 48.6 Å². The van der Waals surface area contributed by atoms with Crippen LogP contribution >= 0.6 is 0 Å². The van der Waals surface area contributed by atoms with Gasteiger partial charge < -0.3 is 52.5 Å². The van der Waals surface area contributed by atoms with E-state index in [0.29, 0.717) is 51.0 Å². The highest BCUT2D eigenvalue weighted by Gasteiger charge is 2.49. The smallest absolute Gasteiger partial charge is 0.345 e. The maximum absolute atomic E-state index is 13.6. The van der Waals surface area contributed by atoms with Crippen molar-refractivity contribution >= 4 is 17.9 Å². The number of hydrogen-bond acceptors (Lipinski definition) is 14. The minimum absolute atomic E-state index is 0.0345. The van der Waals surface area contributed by atoms with Crippen LogP contribution in [-0.4, -0.2) is 77.9 Å². The summed E-state index contributed by atoms with van der Waals surface area (Å²) in [6, 6.07) is 17.3. The van der Waals surface area contributed by atoms with Crippen molar-refractivity contribution in [3.05, 3.63) is 94.0 Å². The Balaban J connectivity index is 1.68. The Kier molecular flexibility index (Phi) is 11.2. The second-order valence-corrected chi connectivity index (χ2v) is 12.7. The van der Waals surface area contributed by atoms with Crippen molar-refractivity contribution in [2.24, 2.45) is 0 Å². The van der Waals surface area contributed by atoms with Gasteiger partial charge in [0.25, 0.3) is 0 Å². The maximum Gasteiger partial charge on any atom is 0.345 e.